The van der Waals surface area contributed by atoms with Crippen LogP contribution in [0, 0.1) is 11.3 Å². The van der Waals surface area contributed by atoms with E-state index >= 15 is 0 Å². The molecule has 0 aliphatic carbocycles. The normalized spacial score (nSPS) is 14.5. The van der Waals surface area contributed by atoms with Gasteiger partial charge in [-0.25, -0.2) is 0 Å². The lowest BCUT2D eigenvalue weighted by Gasteiger charge is -2.18. The minimum atomic E-state index is -0.589. The summed E-state index contributed by atoms with van der Waals surface area (Å²) >= 11 is 1.60. The molecule has 0 spiro atoms. The molecule has 76 valence electrons. The zero-order valence-electron chi connectivity index (χ0n) is 8.64. The fourth-order valence-electron chi connectivity index (χ4n) is 1.52. The van der Waals surface area contributed by atoms with Crippen LogP contribution >= 0.6 is 11.3 Å². The first-order valence-corrected chi connectivity index (χ1v) is 5.54. The topological polar surface area (TPSA) is 41.6 Å². The molecule has 0 radical (unpaired) electrons. The van der Waals surface area contributed by atoms with Crippen molar-refractivity contribution in [2.75, 3.05) is 0 Å². The van der Waals surface area contributed by atoms with Crippen molar-refractivity contribution in [3.8, 4) is 6.07 Å². The fraction of sp³-hybridized carbons (Fsp3) is 0.273. The van der Waals surface area contributed by atoms with Gasteiger partial charge in [0, 0.05) is 18.8 Å². The minimum Gasteiger partial charge on any atom is -0.275 e. The summed E-state index contributed by atoms with van der Waals surface area (Å²) < 4.78 is 1.72. The maximum absolute atomic E-state index is 9.34. The Morgan fingerprint density at radius 1 is 1.53 bits per heavy atom. The third-order valence-electron chi connectivity index (χ3n) is 2.60. The molecule has 0 N–H and O–H groups in total. The summed E-state index contributed by atoms with van der Waals surface area (Å²) in [6, 6.07) is 4.35. The van der Waals surface area contributed by atoms with E-state index in [-0.39, 0.29) is 0 Å². The highest BCUT2D eigenvalue weighted by Gasteiger charge is 2.30. The molecule has 0 aromatic carbocycles. The van der Waals surface area contributed by atoms with Gasteiger partial charge in [-0.05, 0) is 29.3 Å². The van der Waals surface area contributed by atoms with Crippen LogP contribution in [0.1, 0.15) is 18.1 Å². The van der Waals surface area contributed by atoms with E-state index in [2.05, 4.69) is 11.2 Å². The van der Waals surface area contributed by atoms with E-state index in [0.29, 0.717) is 0 Å². The molecule has 1 unspecified atom stereocenters. The second-order valence-electron chi connectivity index (χ2n) is 3.65. The van der Waals surface area contributed by atoms with Crippen molar-refractivity contribution in [3.63, 3.8) is 0 Å². The predicted octanol–water partition coefficient (Wildman–Crippen LogP) is 2.31. The second kappa shape index (κ2) is 3.52. The van der Waals surface area contributed by atoms with Gasteiger partial charge in [0.05, 0.1) is 12.3 Å². The van der Waals surface area contributed by atoms with Crippen LogP contribution in [0.4, 0.5) is 0 Å². The Morgan fingerprint density at radius 3 is 2.80 bits per heavy atom. The molecule has 0 bridgehead atoms. The van der Waals surface area contributed by atoms with Gasteiger partial charge in [0.25, 0.3) is 0 Å². The van der Waals surface area contributed by atoms with Crippen molar-refractivity contribution in [1.82, 2.24) is 9.78 Å². The summed E-state index contributed by atoms with van der Waals surface area (Å²) in [7, 11) is 1.86. The number of hydrogen-bond donors (Lipinski definition) is 0. The summed E-state index contributed by atoms with van der Waals surface area (Å²) in [6.45, 7) is 1.92. The molecule has 2 heterocycles. The van der Waals surface area contributed by atoms with Gasteiger partial charge in [0.15, 0.2) is 0 Å². The molecule has 0 aliphatic heterocycles. The van der Waals surface area contributed by atoms with Crippen molar-refractivity contribution in [2.45, 2.75) is 12.3 Å². The predicted molar refractivity (Wildman–Crippen MR) is 59.6 cm³/mol. The molecule has 0 amide bonds. The second-order valence-corrected chi connectivity index (χ2v) is 4.43. The molecule has 4 heteroatoms. The monoisotopic (exact) mass is 217 g/mol. The van der Waals surface area contributed by atoms with Crippen molar-refractivity contribution >= 4 is 11.3 Å². The Bertz CT molecular complexity index is 492. The maximum Gasteiger partial charge on any atom is 0.108 e. The molecule has 1 atom stereocenters. The summed E-state index contributed by atoms with van der Waals surface area (Å²) in [5.74, 6) is 0. The van der Waals surface area contributed by atoms with Crippen LogP contribution in [-0.2, 0) is 12.5 Å². The third kappa shape index (κ3) is 1.55. The van der Waals surface area contributed by atoms with Crippen molar-refractivity contribution in [3.05, 3.63) is 40.3 Å². The minimum absolute atomic E-state index is 0.589. The third-order valence-corrected chi connectivity index (χ3v) is 3.29. The van der Waals surface area contributed by atoms with Gasteiger partial charge in [-0.2, -0.15) is 21.7 Å². The van der Waals surface area contributed by atoms with Gasteiger partial charge in [0.2, 0.25) is 0 Å². The van der Waals surface area contributed by atoms with Crippen molar-refractivity contribution < 1.29 is 0 Å². The smallest absolute Gasteiger partial charge is 0.108 e. The molecule has 2 rings (SSSR count). The number of aromatic nitrogens is 2. The lowest BCUT2D eigenvalue weighted by Crippen LogP contribution is -2.19. The Balaban J connectivity index is 2.52. The number of hydrogen-bond acceptors (Lipinski definition) is 3. The molecular formula is C11H11N3S. The van der Waals surface area contributed by atoms with Crippen LogP contribution < -0.4 is 0 Å². The number of aryl methyl sites for hydroxylation is 1. The first-order valence-electron chi connectivity index (χ1n) is 4.60. The molecule has 3 nitrogen and oxygen atoms in total. The number of rotatable bonds is 2. The highest BCUT2D eigenvalue weighted by Crippen LogP contribution is 2.32. The van der Waals surface area contributed by atoms with E-state index < -0.39 is 5.41 Å². The van der Waals surface area contributed by atoms with E-state index in [4.69, 9.17) is 0 Å². The molecule has 0 fully saturated rings. The first-order chi connectivity index (χ1) is 7.16. The lowest BCUT2D eigenvalue weighted by atomic mass is 9.81. The van der Waals surface area contributed by atoms with Gasteiger partial charge in [-0.3, -0.25) is 4.68 Å². The lowest BCUT2D eigenvalue weighted by molar-refractivity contribution is 0.735. The Morgan fingerprint density at radius 2 is 2.33 bits per heavy atom. The molecule has 0 saturated heterocycles. The molecule has 15 heavy (non-hydrogen) atoms. The zero-order chi connectivity index (χ0) is 10.9. The molecule has 2 aromatic heterocycles. The van der Waals surface area contributed by atoms with Crippen LogP contribution in [0.5, 0.6) is 0 Å². The molecule has 2 aromatic rings. The van der Waals surface area contributed by atoms with Crippen molar-refractivity contribution in [2.24, 2.45) is 7.05 Å². The van der Waals surface area contributed by atoms with Crippen LogP contribution in [-0.4, -0.2) is 9.78 Å². The van der Waals surface area contributed by atoms with E-state index in [1.54, 1.807) is 22.2 Å². The maximum atomic E-state index is 9.34. The summed E-state index contributed by atoms with van der Waals surface area (Å²) in [5.41, 5.74) is 1.38. The Hall–Kier alpha value is -1.60. The Kier molecular flexibility index (Phi) is 2.33. The molecular weight excluding hydrogens is 206 g/mol. The average Bonchev–Trinajstić information content (AvgIpc) is 2.87. The van der Waals surface area contributed by atoms with Crippen LogP contribution in [0.2, 0.25) is 0 Å². The van der Waals surface area contributed by atoms with Gasteiger partial charge in [0.1, 0.15) is 5.41 Å². The van der Waals surface area contributed by atoms with E-state index in [1.807, 2.05) is 37.0 Å². The summed E-state index contributed by atoms with van der Waals surface area (Å²) in [6.07, 6.45) is 3.64. The standard InChI is InChI=1S/C11H11N3S/c1-11(8-12,9-3-4-15-7-9)10-5-13-14(2)6-10/h3-7H,1-2H3. The number of nitrogens with zero attached hydrogens (tertiary/aromatic N) is 3. The Labute approximate surface area is 92.6 Å². The molecule has 0 aliphatic rings. The highest BCUT2D eigenvalue weighted by atomic mass is 32.1. The highest BCUT2D eigenvalue weighted by molar-refractivity contribution is 7.08. The average molecular weight is 217 g/mol. The number of thiophene rings is 1. The first kappa shape index (κ1) is 9.94. The van der Waals surface area contributed by atoms with Crippen LogP contribution in [0.15, 0.2) is 29.2 Å². The van der Waals surface area contributed by atoms with E-state index in [0.717, 1.165) is 11.1 Å². The number of nitriles is 1. The largest absolute Gasteiger partial charge is 0.275 e. The van der Waals surface area contributed by atoms with E-state index in [1.165, 1.54) is 0 Å². The van der Waals surface area contributed by atoms with E-state index in [9.17, 15) is 5.26 Å². The van der Waals surface area contributed by atoms with Crippen LogP contribution in [0.25, 0.3) is 0 Å². The molecule has 0 saturated carbocycles. The van der Waals surface area contributed by atoms with Gasteiger partial charge in [-0.1, -0.05) is 0 Å². The quantitative estimate of drug-likeness (QED) is 0.774. The van der Waals surface area contributed by atoms with Gasteiger partial charge < -0.3 is 0 Å². The van der Waals surface area contributed by atoms with Gasteiger partial charge >= 0.3 is 0 Å². The van der Waals surface area contributed by atoms with Crippen LogP contribution in [0.3, 0.4) is 0 Å². The fourth-order valence-corrected chi connectivity index (χ4v) is 2.29. The van der Waals surface area contributed by atoms with Crippen molar-refractivity contribution in [1.29, 1.82) is 5.26 Å². The SMILES string of the molecule is Cn1cc(C(C)(C#N)c2ccsc2)cn1. The summed E-state index contributed by atoms with van der Waals surface area (Å²) in [5, 5.41) is 17.4. The summed E-state index contributed by atoms with van der Waals surface area (Å²) in [4.78, 5) is 0. The van der Waals surface area contributed by atoms with Gasteiger partial charge in [-0.15, -0.1) is 0 Å². The zero-order valence-corrected chi connectivity index (χ0v) is 9.45.